The Hall–Kier alpha value is -1.95. The highest BCUT2D eigenvalue weighted by atomic mass is 32.2. The molecule has 6 heteroatoms. The number of amides is 1. The third kappa shape index (κ3) is 3.22. The lowest BCUT2D eigenvalue weighted by atomic mass is 9.83. The van der Waals surface area contributed by atoms with E-state index in [9.17, 15) is 9.59 Å². The molecule has 2 aromatic heterocycles. The third-order valence-electron chi connectivity index (χ3n) is 5.66. The van der Waals surface area contributed by atoms with Crippen LogP contribution in [0.3, 0.4) is 0 Å². The van der Waals surface area contributed by atoms with Crippen LogP contribution in [0.15, 0.2) is 47.5 Å². The van der Waals surface area contributed by atoms with Crippen LogP contribution in [0.5, 0.6) is 0 Å². The van der Waals surface area contributed by atoms with Gasteiger partial charge in [0, 0.05) is 49.7 Å². The van der Waals surface area contributed by atoms with E-state index in [1.807, 2.05) is 50.7 Å². The van der Waals surface area contributed by atoms with Gasteiger partial charge in [0.05, 0.1) is 0 Å². The standard InChI is InChI=1S/C20H25N3O2S/c1-26-10-7-18(21-8-2-3-9-21)20(25)22-12-15-11-16(14-22)17-5-4-6-19(24)23(17)13-15/h2-6,8-9,15-16,18H,7,10-14H2,1H3/t15-,16+,18-/m0/s1. The Kier molecular flexibility index (Phi) is 4.94. The first-order valence-electron chi connectivity index (χ1n) is 9.27. The fraction of sp³-hybridized carbons (Fsp3) is 0.500. The van der Waals surface area contributed by atoms with Crippen molar-refractivity contribution in [1.29, 1.82) is 0 Å². The molecule has 0 radical (unpaired) electrons. The number of hydrogen-bond donors (Lipinski definition) is 0. The molecule has 0 spiro atoms. The number of aromatic nitrogens is 2. The summed E-state index contributed by atoms with van der Waals surface area (Å²) in [5.41, 5.74) is 1.18. The molecule has 2 aliphatic heterocycles. The van der Waals surface area contributed by atoms with E-state index >= 15 is 0 Å². The first-order valence-corrected chi connectivity index (χ1v) is 10.7. The van der Waals surface area contributed by atoms with Crippen molar-refractivity contribution >= 4 is 17.7 Å². The lowest BCUT2D eigenvalue weighted by molar-refractivity contribution is -0.137. The summed E-state index contributed by atoms with van der Waals surface area (Å²) in [4.78, 5) is 27.6. The smallest absolute Gasteiger partial charge is 0.250 e. The Morgan fingerprint density at radius 2 is 2.00 bits per heavy atom. The zero-order chi connectivity index (χ0) is 18.1. The zero-order valence-corrected chi connectivity index (χ0v) is 15.9. The molecule has 1 saturated heterocycles. The number of fused-ring (bicyclic) bond motifs is 4. The largest absolute Gasteiger partial charge is 0.342 e. The van der Waals surface area contributed by atoms with Gasteiger partial charge in [-0.1, -0.05) is 6.07 Å². The third-order valence-corrected chi connectivity index (χ3v) is 6.30. The van der Waals surface area contributed by atoms with Crippen LogP contribution in [0.4, 0.5) is 0 Å². The molecule has 26 heavy (non-hydrogen) atoms. The maximum absolute atomic E-state index is 13.3. The van der Waals surface area contributed by atoms with Crippen LogP contribution in [0.2, 0.25) is 0 Å². The summed E-state index contributed by atoms with van der Waals surface area (Å²) in [6.45, 7) is 2.21. The summed E-state index contributed by atoms with van der Waals surface area (Å²) in [5.74, 6) is 1.83. The molecule has 2 aromatic rings. The van der Waals surface area contributed by atoms with Gasteiger partial charge in [-0.25, -0.2) is 0 Å². The average molecular weight is 372 g/mol. The Labute approximate surface area is 158 Å². The fourth-order valence-corrected chi connectivity index (χ4v) is 4.93. The number of hydrogen-bond acceptors (Lipinski definition) is 3. The first-order chi connectivity index (χ1) is 12.7. The molecular weight excluding hydrogens is 346 g/mol. The van der Waals surface area contributed by atoms with Gasteiger partial charge in [-0.05, 0) is 49.0 Å². The number of carbonyl (C=O) groups is 1. The minimum Gasteiger partial charge on any atom is -0.342 e. The predicted octanol–water partition coefficient (Wildman–Crippen LogP) is 2.59. The second kappa shape index (κ2) is 7.35. The van der Waals surface area contributed by atoms with Crippen LogP contribution in [0, 0.1) is 5.92 Å². The van der Waals surface area contributed by atoms with Gasteiger partial charge in [0.1, 0.15) is 6.04 Å². The van der Waals surface area contributed by atoms with Crippen molar-refractivity contribution in [2.75, 3.05) is 25.1 Å². The Morgan fingerprint density at radius 3 is 2.77 bits per heavy atom. The molecule has 4 heterocycles. The van der Waals surface area contributed by atoms with Gasteiger partial charge in [-0.2, -0.15) is 11.8 Å². The van der Waals surface area contributed by atoms with E-state index in [-0.39, 0.29) is 23.4 Å². The topological polar surface area (TPSA) is 47.2 Å². The summed E-state index contributed by atoms with van der Waals surface area (Å²) in [6, 6.07) is 9.36. The second-order valence-electron chi connectivity index (χ2n) is 7.37. The molecule has 0 saturated carbocycles. The van der Waals surface area contributed by atoms with Gasteiger partial charge in [-0.15, -0.1) is 0 Å². The highest BCUT2D eigenvalue weighted by Crippen LogP contribution is 2.36. The Balaban J connectivity index is 1.57. The number of nitrogens with zero attached hydrogens (tertiary/aromatic N) is 3. The molecule has 0 aliphatic carbocycles. The minimum absolute atomic E-state index is 0.0853. The van der Waals surface area contributed by atoms with Crippen molar-refractivity contribution in [2.24, 2.45) is 5.92 Å². The lowest BCUT2D eigenvalue weighted by Crippen LogP contribution is -2.50. The van der Waals surface area contributed by atoms with E-state index in [4.69, 9.17) is 0 Å². The Bertz CT molecular complexity index is 830. The number of carbonyl (C=O) groups excluding carboxylic acids is 1. The number of rotatable bonds is 5. The van der Waals surface area contributed by atoms with Gasteiger partial charge >= 0.3 is 0 Å². The van der Waals surface area contributed by atoms with E-state index in [1.54, 1.807) is 17.8 Å². The summed E-state index contributed by atoms with van der Waals surface area (Å²) >= 11 is 1.78. The molecule has 0 unspecified atom stereocenters. The number of piperidine rings is 1. The molecule has 3 atom stereocenters. The molecule has 5 nitrogen and oxygen atoms in total. The average Bonchev–Trinajstić information content (AvgIpc) is 3.17. The van der Waals surface area contributed by atoms with Gasteiger partial charge in [-0.3, -0.25) is 9.59 Å². The molecule has 0 N–H and O–H groups in total. The minimum atomic E-state index is -0.130. The van der Waals surface area contributed by atoms with Gasteiger partial charge in [0.2, 0.25) is 5.91 Å². The van der Waals surface area contributed by atoms with Crippen molar-refractivity contribution in [3.05, 3.63) is 58.8 Å². The molecule has 138 valence electrons. The molecule has 2 bridgehead atoms. The maximum atomic E-state index is 13.3. The van der Waals surface area contributed by atoms with E-state index in [2.05, 4.69) is 6.26 Å². The zero-order valence-electron chi connectivity index (χ0n) is 15.1. The Morgan fingerprint density at radius 1 is 1.19 bits per heavy atom. The first kappa shape index (κ1) is 17.5. The molecule has 2 aliphatic rings. The highest BCUT2D eigenvalue weighted by Gasteiger charge is 2.38. The number of pyridine rings is 1. The van der Waals surface area contributed by atoms with Gasteiger partial charge in [0.25, 0.3) is 5.56 Å². The summed E-state index contributed by atoms with van der Waals surface area (Å²) in [6.07, 6.45) is 7.98. The van der Waals surface area contributed by atoms with Crippen LogP contribution in [-0.2, 0) is 11.3 Å². The second-order valence-corrected chi connectivity index (χ2v) is 8.35. The van der Waals surface area contributed by atoms with Crippen molar-refractivity contribution in [2.45, 2.75) is 31.3 Å². The van der Waals surface area contributed by atoms with Crippen LogP contribution in [0.1, 0.15) is 30.5 Å². The highest BCUT2D eigenvalue weighted by molar-refractivity contribution is 7.98. The quantitative estimate of drug-likeness (QED) is 0.812. The van der Waals surface area contributed by atoms with Crippen molar-refractivity contribution < 1.29 is 4.79 Å². The van der Waals surface area contributed by atoms with E-state index in [0.29, 0.717) is 5.92 Å². The van der Waals surface area contributed by atoms with Crippen LogP contribution in [-0.4, -0.2) is 45.0 Å². The fourth-order valence-electron chi connectivity index (χ4n) is 4.47. The monoisotopic (exact) mass is 371 g/mol. The SMILES string of the molecule is CSCC[C@@H](C(=O)N1C[C@@H]2C[C@H](C1)c1cccc(=O)n1C2)n1cccc1. The molecule has 0 aromatic carbocycles. The molecule has 4 rings (SSSR count). The maximum Gasteiger partial charge on any atom is 0.250 e. The van der Waals surface area contributed by atoms with E-state index in [0.717, 1.165) is 43.9 Å². The van der Waals surface area contributed by atoms with Crippen LogP contribution >= 0.6 is 11.8 Å². The van der Waals surface area contributed by atoms with Crippen molar-refractivity contribution in [3.63, 3.8) is 0 Å². The van der Waals surface area contributed by atoms with Crippen molar-refractivity contribution in [3.8, 4) is 0 Å². The van der Waals surface area contributed by atoms with E-state index in [1.165, 1.54) is 0 Å². The van der Waals surface area contributed by atoms with Gasteiger partial charge in [0.15, 0.2) is 0 Å². The molecule has 1 amide bonds. The summed E-state index contributed by atoms with van der Waals surface area (Å²) in [7, 11) is 0. The van der Waals surface area contributed by atoms with Crippen LogP contribution in [0.25, 0.3) is 0 Å². The summed E-state index contributed by atoms with van der Waals surface area (Å²) in [5, 5.41) is 0. The predicted molar refractivity (Wildman–Crippen MR) is 105 cm³/mol. The molecule has 1 fully saturated rings. The summed E-state index contributed by atoms with van der Waals surface area (Å²) < 4.78 is 3.96. The van der Waals surface area contributed by atoms with E-state index < -0.39 is 0 Å². The van der Waals surface area contributed by atoms with Crippen LogP contribution < -0.4 is 5.56 Å². The lowest BCUT2D eigenvalue weighted by Gasteiger charge is -2.43. The van der Waals surface area contributed by atoms with Gasteiger partial charge < -0.3 is 14.0 Å². The van der Waals surface area contributed by atoms with Crippen molar-refractivity contribution in [1.82, 2.24) is 14.0 Å². The number of thioether (sulfide) groups is 1. The number of likely N-dealkylation sites (tertiary alicyclic amines) is 1. The normalized spacial score (nSPS) is 22.7. The molecular formula is C20H25N3O2S.